The summed E-state index contributed by atoms with van der Waals surface area (Å²) >= 11 is 1.38. The van der Waals surface area contributed by atoms with Gasteiger partial charge < -0.3 is 9.73 Å². The van der Waals surface area contributed by atoms with Crippen molar-refractivity contribution in [3.05, 3.63) is 40.2 Å². The van der Waals surface area contributed by atoms with Crippen LogP contribution in [0.4, 0.5) is 0 Å². The highest BCUT2D eigenvalue weighted by molar-refractivity contribution is 7.11. The molecule has 0 spiro atoms. The molecule has 1 saturated heterocycles. The summed E-state index contributed by atoms with van der Waals surface area (Å²) in [7, 11) is 0. The molecule has 0 radical (unpaired) electrons. The third-order valence-electron chi connectivity index (χ3n) is 4.11. The van der Waals surface area contributed by atoms with Gasteiger partial charge in [-0.1, -0.05) is 6.42 Å². The Kier molecular flexibility index (Phi) is 4.90. The number of aromatic nitrogens is 1. The number of rotatable bonds is 5. The van der Waals surface area contributed by atoms with Crippen molar-refractivity contribution in [3.8, 4) is 0 Å². The second kappa shape index (κ2) is 7.07. The first-order chi connectivity index (χ1) is 10.8. The Hall–Kier alpha value is -1.66. The van der Waals surface area contributed by atoms with Crippen LogP contribution in [0.25, 0.3) is 0 Å². The fourth-order valence-electron chi connectivity index (χ4n) is 2.91. The molecule has 1 N–H and O–H groups in total. The van der Waals surface area contributed by atoms with Crippen LogP contribution in [0, 0.1) is 6.92 Å². The Bertz CT molecular complexity index is 603. The van der Waals surface area contributed by atoms with Crippen molar-refractivity contribution >= 4 is 17.2 Å². The van der Waals surface area contributed by atoms with Crippen LogP contribution in [0.15, 0.2) is 28.3 Å². The summed E-state index contributed by atoms with van der Waals surface area (Å²) in [6.07, 6.45) is 5.40. The van der Waals surface area contributed by atoms with E-state index in [1.165, 1.54) is 30.6 Å². The quantitative estimate of drug-likeness (QED) is 0.920. The van der Waals surface area contributed by atoms with Gasteiger partial charge in [0.2, 0.25) is 0 Å². The van der Waals surface area contributed by atoms with E-state index in [2.05, 4.69) is 15.2 Å². The lowest BCUT2D eigenvalue weighted by Gasteiger charge is -2.33. The second-order valence-electron chi connectivity index (χ2n) is 5.60. The molecule has 0 saturated carbocycles. The van der Waals surface area contributed by atoms with E-state index in [0.717, 1.165) is 24.5 Å². The number of hydrogen-bond acceptors (Lipinski definition) is 5. The van der Waals surface area contributed by atoms with Gasteiger partial charge in [-0.05, 0) is 45.0 Å². The van der Waals surface area contributed by atoms with Gasteiger partial charge in [0.05, 0.1) is 23.5 Å². The average molecular weight is 319 g/mol. The molecule has 0 unspecified atom stereocenters. The third kappa shape index (κ3) is 3.39. The van der Waals surface area contributed by atoms with Gasteiger partial charge in [0.15, 0.2) is 0 Å². The number of aryl methyl sites for hydroxylation is 1. The molecule has 1 amide bonds. The van der Waals surface area contributed by atoms with Gasteiger partial charge in [-0.2, -0.15) is 0 Å². The minimum absolute atomic E-state index is 0.0476. The van der Waals surface area contributed by atoms with E-state index in [0.29, 0.717) is 11.4 Å². The monoisotopic (exact) mass is 319 g/mol. The highest BCUT2D eigenvalue weighted by Gasteiger charge is 2.25. The zero-order chi connectivity index (χ0) is 15.4. The summed E-state index contributed by atoms with van der Waals surface area (Å²) in [5.74, 6) is 0.872. The Morgan fingerprint density at radius 1 is 1.45 bits per heavy atom. The SMILES string of the molecule is Cc1ncsc1C(=O)NC[C@@H](c1ccco1)N1CCCCC1. The van der Waals surface area contributed by atoms with Crippen molar-refractivity contribution in [2.75, 3.05) is 19.6 Å². The Labute approximate surface area is 134 Å². The van der Waals surface area contributed by atoms with E-state index in [1.54, 1.807) is 11.8 Å². The normalized spacial score (nSPS) is 17.3. The van der Waals surface area contributed by atoms with E-state index in [9.17, 15) is 4.79 Å². The van der Waals surface area contributed by atoms with Gasteiger partial charge in [-0.25, -0.2) is 4.98 Å². The molecule has 2 aromatic heterocycles. The first-order valence-electron chi connectivity index (χ1n) is 7.71. The molecule has 0 bridgehead atoms. The van der Waals surface area contributed by atoms with Gasteiger partial charge in [-0.3, -0.25) is 9.69 Å². The van der Waals surface area contributed by atoms with Gasteiger partial charge >= 0.3 is 0 Å². The number of hydrogen-bond donors (Lipinski definition) is 1. The number of thiazole rings is 1. The molecular weight excluding hydrogens is 298 g/mol. The summed E-state index contributed by atoms with van der Waals surface area (Å²) < 4.78 is 5.59. The summed E-state index contributed by atoms with van der Waals surface area (Å²) in [6.45, 7) is 4.53. The van der Waals surface area contributed by atoms with Crippen molar-refractivity contribution in [2.45, 2.75) is 32.2 Å². The maximum absolute atomic E-state index is 12.3. The maximum Gasteiger partial charge on any atom is 0.263 e. The molecule has 22 heavy (non-hydrogen) atoms. The molecule has 3 rings (SSSR count). The van der Waals surface area contributed by atoms with E-state index >= 15 is 0 Å². The molecule has 3 heterocycles. The Morgan fingerprint density at radius 3 is 2.91 bits per heavy atom. The fourth-order valence-corrected chi connectivity index (χ4v) is 3.63. The number of piperidine rings is 1. The van der Waals surface area contributed by atoms with Crippen molar-refractivity contribution < 1.29 is 9.21 Å². The minimum atomic E-state index is -0.0476. The van der Waals surface area contributed by atoms with Crippen LogP contribution in [0.5, 0.6) is 0 Å². The van der Waals surface area contributed by atoms with Crippen molar-refractivity contribution in [2.24, 2.45) is 0 Å². The topological polar surface area (TPSA) is 58.4 Å². The molecule has 2 aromatic rings. The zero-order valence-electron chi connectivity index (χ0n) is 12.7. The van der Waals surface area contributed by atoms with Crippen LogP contribution in [0.2, 0.25) is 0 Å². The number of furan rings is 1. The number of nitrogens with zero attached hydrogens (tertiary/aromatic N) is 2. The van der Waals surface area contributed by atoms with Gasteiger partial charge in [0.1, 0.15) is 10.6 Å². The number of nitrogens with one attached hydrogen (secondary N) is 1. The van der Waals surface area contributed by atoms with Gasteiger partial charge in [0, 0.05) is 6.54 Å². The molecule has 0 aliphatic carbocycles. The molecule has 1 aliphatic heterocycles. The molecular formula is C16H21N3O2S. The third-order valence-corrected chi connectivity index (χ3v) is 5.04. The van der Waals surface area contributed by atoms with Crippen molar-refractivity contribution in [1.82, 2.24) is 15.2 Å². The fraction of sp³-hybridized carbons (Fsp3) is 0.500. The minimum Gasteiger partial charge on any atom is -0.468 e. The first kappa shape index (κ1) is 15.2. The summed E-state index contributed by atoms with van der Waals surface area (Å²) in [5.41, 5.74) is 2.49. The van der Waals surface area contributed by atoms with E-state index in [1.807, 2.05) is 19.1 Å². The van der Waals surface area contributed by atoms with Gasteiger partial charge in [0.25, 0.3) is 5.91 Å². The highest BCUT2D eigenvalue weighted by atomic mass is 32.1. The molecule has 1 aliphatic rings. The largest absolute Gasteiger partial charge is 0.468 e. The van der Waals surface area contributed by atoms with Crippen LogP contribution in [-0.2, 0) is 0 Å². The molecule has 6 heteroatoms. The Morgan fingerprint density at radius 2 is 2.27 bits per heavy atom. The van der Waals surface area contributed by atoms with Crippen LogP contribution >= 0.6 is 11.3 Å². The number of amides is 1. The molecule has 1 fully saturated rings. The lowest BCUT2D eigenvalue weighted by molar-refractivity contribution is 0.0917. The molecule has 118 valence electrons. The summed E-state index contributed by atoms with van der Waals surface area (Å²) in [4.78, 5) is 19.5. The average Bonchev–Trinajstić information content (AvgIpc) is 3.20. The number of carbonyl (C=O) groups is 1. The summed E-state index contributed by atoms with van der Waals surface area (Å²) in [5, 5.41) is 3.04. The van der Waals surface area contributed by atoms with Crippen LogP contribution < -0.4 is 5.32 Å². The second-order valence-corrected chi connectivity index (χ2v) is 6.46. The summed E-state index contributed by atoms with van der Waals surface area (Å²) in [6, 6.07) is 4.00. The lowest BCUT2D eigenvalue weighted by Crippen LogP contribution is -2.40. The maximum atomic E-state index is 12.3. The highest BCUT2D eigenvalue weighted by Crippen LogP contribution is 2.24. The van der Waals surface area contributed by atoms with Crippen LogP contribution in [-0.4, -0.2) is 35.4 Å². The van der Waals surface area contributed by atoms with Crippen LogP contribution in [0.1, 0.15) is 46.4 Å². The van der Waals surface area contributed by atoms with Gasteiger partial charge in [-0.15, -0.1) is 11.3 Å². The van der Waals surface area contributed by atoms with Crippen molar-refractivity contribution in [1.29, 1.82) is 0 Å². The molecule has 1 atom stereocenters. The Balaban J connectivity index is 1.68. The number of carbonyl (C=O) groups excluding carboxylic acids is 1. The van der Waals surface area contributed by atoms with E-state index in [-0.39, 0.29) is 11.9 Å². The van der Waals surface area contributed by atoms with E-state index in [4.69, 9.17) is 4.42 Å². The molecule has 5 nitrogen and oxygen atoms in total. The first-order valence-corrected chi connectivity index (χ1v) is 8.59. The lowest BCUT2D eigenvalue weighted by atomic mass is 10.1. The predicted octanol–water partition coefficient (Wildman–Crippen LogP) is 3.00. The smallest absolute Gasteiger partial charge is 0.263 e. The number of likely N-dealkylation sites (tertiary alicyclic amines) is 1. The van der Waals surface area contributed by atoms with Crippen LogP contribution in [0.3, 0.4) is 0 Å². The molecule has 0 aromatic carbocycles. The van der Waals surface area contributed by atoms with E-state index < -0.39 is 0 Å². The van der Waals surface area contributed by atoms with Crippen molar-refractivity contribution in [3.63, 3.8) is 0 Å². The zero-order valence-corrected chi connectivity index (χ0v) is 13.6. The standard InChI is InChI=1S/C16H21N3O2S/c1-12-15(22-11-18-12)16(20)17-10-13(14-6-5-9-21-14)19-7-3-2-4-8-19/h5-6,9,11,13H,2-4,7-8,10H2,1H3,(H,17,20)/t13-/m0/s1. The predicted molar refractivity (Wildman–Crippen MR) is 86.1 cm³/mol.